The Kier molecular flexibility index (Phi) is 6.07. The Labute approximate surface area is 193 Å². The molecule has 6 nitrogen and oxygen atoms in total. The van der Waals surface area contributed by atoms with E-state index in [9.17, 15) is 4.79 Å². The third-order valence-electron chi connectivity index (χ3n) is 5.77. The Hall–Kier alpha value is -3.12. The molecule has 1 atom stereocenters. The van der Waals surface area contributed by atoms with Crippen molar-refractivity contribution in [3.05, 3.63) is 75.8 Å². The van der Waals surface area contributed by atoms with E-state index in [1.54, 1.807) is 17.0 Å². The summed E-state index contributed by atoms with van der Waals surface area (Å²) in [4.78, 5) is 19.4. The van der Waals surface area contributed by atoms with Crippen LogP contribution in [0.3, 0.4) is 0 Å². The molecule has 1 aromatic heterocycles. The molecule has 0 saturated carbocycles. The maximum atomic E-state index is 13.0. The van der Waals surface area contributed by atoms with Gasteiger partial charge < -0.3 is 9.84 Å². The minimum absolute atomic E-state index is 0.124. The second-order valence-corrected chi connectivity index (χ2v) is 9.10. The number of hydrogen-bond acceptors (Lipinski definition) is 4. The quantitative estimate of drug-likeness (QED) is 0.505. The molecule has 0 aliphatic carbocycles. The highest BCUT2D eigenvalue weighted by Gasteiger charge is 2.36. The number of benzene rings is 2. The Balaban J connectivity index is 1.82. The van der Waals surface area contributed by atoms with Gasteiger partial charge in [-0.05, 0) is 67.6 Å². The van der Waals surface area contributed by atoms with E-state index in [2.05, 4.69) is 55.3 Å². The molecule has 1 N–H and O–H groups in total. The fourth-order valence-corrected chi connectivity index (χ4v) is 4.01. The number of amides is 2. The summed E-state index contributed by atoms with van der Waals surface area (Å²) in [5.41, 5.74) is 5.77. The number of nitrogens with one attached hydrogen (secondary N) is 1. The van der Waals surface area contributed by atoms with E-state index < -0.39 is 0 Å². The summed E-state index contributed by atoms with van der Waals surface area (Å²) >= 11 is 6.01. The number of allylic oxidation sites excluding steroid dienone is 1. The van der Waals surface area contributed by atoms with E-state index in [1.165, 1.54) is 5.56 Å². The average Bonchev–Trinajstić information content (AvgIpc) is 3.22. The molecule has 4 rings (SSSR count). The van der Waals surface area contributed by atoms with Crippen LogP contribution in [0.4, 0.5) is 4.79 Å². The minimum Gasteiger partial charge on any atom is -0.334 e. The SMILES string of the molecule is CC1=C(c2nc(-c3ccc(Cl)cc3)no2)C(c2ccc(C)c(C)c2)NC(=O)N1CC(C)C. The van der Waals surface area contributed by atoms with Crippen LogP contribution < -0.4 is 5.32 Å². The molecular weight excluding hydrogens is 424 g/mol. The molecule has 2 aromatic carbocycles. The van der Waals surface area contributed by atoms with Gasteiger partial charge in [0.1, 0.15) is 0 Å². The number of nitrogens with zero attached hydrogens (tertiary/aromatic N) is 3. The molecule has 0 spiro atoms. The summed E-state index contributed by atoms with van der Waals surface area (Å²) < 4.78 is 5.72. The smallest absolute Gasteiger partial charge is 0.322 e. The van der Waals surface area contributed by atoms with Crippen LogP contribution in [0.2, 0.25) is 5.02 Å². The Morgan fingerprint density at radius 1 is 1.09 bits per heavy atom. The number of aryl methyl sites for hydroxylation is 2. The summed E-state index contributed by atoms with van der Waals surface area (Å²) in [6.45, 7) is 10.8. The molecule has 2 heterocycles. The highest BCUT2D eigenvalue weighted by molar-refractivity contribution is 6.30. The van der Waals surface area contributed by atoms with Gasteiger partial charge in [-0.15, -0.1) is 0 Å². The van der Waals surface area contributed by atoms with Gasteiger partial charge in [-0.1, -0.05) is 48.8 Å². The van der Waals surface area contributed by atoms with E-state index in [1.807, 2.05) is 25.1 Å². The van der Waals surface area contributed by atoms with Gasteiger partial charge in [0.15, 0.2) is 0 Å². The van der Waals surface area contributed by atoms with Gasteiger partial charge >= 0.3 is 6.03 Å². The molecule has 1 aliphatic heterocycles. The van der Waals surface area contributed by atoms with Crippen molar-refractivity contribution < 1.29 is 9.32 Å². The number of hydrogen-bond donors (Lipinski definition) is 1. The van der Waals surface area contributed by atoms with Crippen LogP contribution >= 0.6 is 11.6 Å². The van der Waals surface area contributed by atoms with Crippen LogP contribution in [0.5, 0.6) is 0 Å². The van der Waals surface area contributed by atoms with Crippen molar-refractivity contribution in [2.24, 2.45) is 5.92 Å². The Morgan fingerprint density at radius 2 is 1.81 bits per heavy atom. The predicted octanol–water partition coefficient (Wildman–Crippen LogP) is 6.16. The third kappa shape index (κ3) is 4.28. The normalized spacial score (nSPS) is 16.7. The number of carbonyl (C=O) groups is 1. The third-order valence-corrected chi connectivity index (χ3v) is 6.02. The van der Waals surface area contributed by atoms with E-state index in [-0.39, 0.29) is 12.1 Å². The van der Waals surface area contributed by atoms with Crippen molar-refractivity contribution in [2.75, 3.05) is 6.54 Å². The van der Waals surface area contributed by atoms with Gasteiger partial charge in [-0.3, -0.25) is 4.90 Å². The number of urea groups is 1. The van der Waals surface area contributed by atoms with Crippen LogP contribution in [-0.4, -0.2) is 27.6 Å². The monoisotopic (exact) mass is 450 g/mol. The molecule has 0 bridgehead atoms. The van der Waals surface area contributed by atoms with Crippen LogP contribution in [-0.2, 0) is 0 Å². The summed E-state index contributed by atoms with van der Waals surface area (Å²) in [5, 5.41) is 7.99. The molecule has 7 heteroatoms. The van der Waals surface area contributed by atoms with Gasteiger partial charge in [0, 0.05) is 22.8 Å². The molecule has 3 aromatic rings. The first-order valence-electron chi connectivity index (χ1n) is 10.7. The maximum Gasteiger partial charge on any atom is 0.322 e. The fraction of sp³-hybridized carbons (Fsp3) is 0.320. The molecule has 1 unspecified atom stereocenters. The van der Waals surface area contributed by atoms with Crippen LogP contribution in [0.1, 0.15) is 49.4 Å². The first kappa shape index (κ1) is 22.1. The van der Waals surface area contributed by atoms with E-state index in [4.69, 9.17) is 16.1 Å². The van der Waals surface area contributed by atoms with Crippen molar-refractivity contribution >= 4 is 23.2 Å². The second-order valence-electron chi connectivity index (χ2n) is 8.66. The van der Waals surface area contributed by atoms with E-state index in [0.29, 0.717) is 29.2 Å². The summed E-state index contributed by atoms with van der Waals surface area (Å²) in [6, 6.07) is 13.0. The van der Waals surface area contributed by atoms with Crippen LogP contribution in [0, 0.1) is 19.8 Å². The molecule has 166 valence electrons. The predicted molar refractivity (Wildman–Crippen MR) is 126 cm³/mol. The Morgan fingerprint density at radius 3 is 2.47 bits per heavy atom. The van der Waals surface area contributed by atoms with Gasteiger partial charge in [-0.25, -0.2) is 4.79 Å². The van der Waals surface area contributed by atoms with Gasteiger partial charge in [0.05, 0.1) is 11.6 Å². The van der Waals surface area contributed by atoms with Gasteiger partial charge in [-0.2, -0.15) is 4.98 Å². The molecule has 0 radical (unpaired) electrons. The first-order valence-corrected chi connectivity index (χ1v) is 11.1. The lowest BCUT2D eigenvalue weighted by Gasteiger charge is -2.36. The zero-order valence-corrected chi connectivity index (χ0v) is 19.7. The first-order chi connectivity index (χ1) is 15.2. The topological polar surface area (TPSA) is 71.3 Å². The number of halogens is 1. The number of carbonyl (C=O) groups excluding carboxylic acids is 1. The van der Waals surface area contributed by atoms with E-state index >= 15 is 0 Å². The number of aromatic nitrogens is 2. The zero-order valence-electron chi connectivity index (χ0n) is 18.9. The molecule has 2 amide bonds. The van der Waals surface area contributed by atoms with Crippen molar-refractivity contribution in [2.45, 2.75) is 40.7 Å². The minimum atomic E-state index is -0.385. The summed E-state index contributed by atoms with van der Waals surface area (Å²) in [5.74, 6) is 1.18. The molecule has 32 heavy (non-hydrogen) atoms. The molecule has 1 aliphatic rings. The van der Waals surface area contributed by atoms with E-state index in [0.717, 1.165) is 28.0 Å². The van der Waals surface area contributed by atoms with Crippen molar-refractivity contribution in [1.29, 1.82) is 0 Å². The lowest BCUT2D eigenvalue weighted by molar-refractivity contribution is 0.199. The van der Waals surface area contributed by atoms with Gasteiger partial charge in [0.25, 0.3) is 5.89 Å². The highest BCUT2D eigenvalue weighted by Crippen LogP contribution is 2.38. The fourth-order valence-electron chi connectivity index (χ4n) is 3.89. The molecule has 0 fully saturated rings. The summed E-state index contributed by atoms with van der Waals surface area (Å²) in [6.07, 6.45) is 0. The lowest BCUT2D eigenvalue weighted by atomic mass is 9.92. The average molecular weight is 451 g/mol. The zero-order chi connectivity index (χ0) is 23.0. The summed E-state index contributed by atoms with van der Waals surface area (Å²) in [7, 11) is 0. The lowest BCUT2D eigenvalue weighted by Crippen LogP contribution is -2.47. The van der Waals surface area contributed by atoms with Crippen molar-refractivity contribution in [3.8, 4) is 11.4 Å². The standard InChI is InChI=1S/C25H27ClN4O2/c1-14(2)13-30-17(5)21(22(27-25(30)31)19-7-6-15(3)16(4)12-19)24-28-23(29-32-24)18-8-10-20(26)11-9-18/h6-12,14,22H,13H2,1-5H3,(H,27,31). The molecule has 0 saturated heterocycles. The van der Waals surface area contributed by atoms with Crippen LogP contribution in [0.15, 0.2) is 52.7 Å². The maximum absolute atomic E-state index is 13.0. The van der Waals surface area contributed by atoms with Crippen molar-refractivity contribution in [3.63, 3.8) is 0 Å². The van der Waals surface area contributed by atoms with Gasteiger partial charge in [0.2, 0.25) is 5.82 Å². The number of rotatable bonds is 5. The highest BCUT2D eigenvalue weighted by atomic mass is 35.5. The Bertz CT molecular complexity index is 1180. The second kappa shape index (κ2) is 8.79. The molecular formula is C25H27ClN4O2. The van der Waals surface area contributed by atoms with Crippen molar-refractivity contribution in [1.82, 2.24) is 20.4 Å². The van der Waals surface area contributed by atoms with Crippen LogP contribution in [0.25, 0.3) is 17.0 Å². The largest absolute Gasteiger partial charge is 0.334 e.